The van der Waals surface area contributed by atoms with Gasteiger partial charge in [-0.3, -0.25) is 0 Å². The van der Waals surface area contributed by atoms with Crippen molar-refractivity contribution in [2.24, 2.45) is 0 Å². The molecule has 0 radical (unpaired) electrons. The molecule has 19 heavy (non-hydrogen) atoms. The van der Waals surface area contributed by atoms with Crippen LogP contribution in [0.5, 0.6) is 5.88 Å². The molecule has 1 aromatic heterocycles. The number of anilines is 1. The number of nitrogens with one attached hydrogen (secondary N) is 1. The lowest BCUT2D eigenvalue weighted by molar-refractivity contribution is 0.0746. The predicted molar refractivity (Wildman–Crippen MR) is 69.2 cm³/mol. The maximum Gasteiger partial charge on any atom is 0.409 e. The van der Waals surface area contributed by atoms with Gasteiger partial charge in [-0.05, 0) is 13.3 Å². The Morgan fingerprint density at radius 2 is 2.47 bits per heavy atom. The van der Waals surface area contributed by atoms with Crippen LogP contribution in [0.3, 0.4) is 0 Å². The normalized spacial score (nSPS) is 15.0. The van der Waals surface area contributed by atoms with Crippen molar-refractivity contribution in [3.8, 4) is 5.88 Å². The molecule has 104 valence electrons. The summed E-state index contributed by atoms with van der Waals surface area (Å²) in [6.45, 7) is 4.86. The Kier molecular flexibility index (Phi) is 4.77. The highest BCUT2D eigenvalue weighted by atomic mass is 16.6. The molecule has 7 heteroatoms. The Bertz CT molecular complexity index is 427. The lowest BCUT2D eigenvalue weighted by atomic mass is 10.3. The first-order chi connectivity index (χ1) is 9.29. The minimum atomic E-state index is -0.253. The van der Waals surface area contributed by atoms with Gasteiger partial charge in [-0.2, -0.15) is 4.98 Å². The molecule has 1 amide bonds. The third-order valence-corrected chi connectivity index (χ3v) is 2.64. The third-order valence-electron chi connectivity index (χ3n) is 2.64. The van der Waals surface area contributed by atoms with E-state index in [0.29, 0.717) is 38.1 Å². The molecule has 0 spiro atoms. The van der Waals surface area contributed by atoms with E-state index in [1.165, 1.54) is 0 Å². The zero-order chi connectivity index (χ0) is 13.5. The lowest BCUT2D eigenvalue weighted by Gasteiger charge is -2.26. The third kappa shape index (κ3) is 3.97. The highest BCUT2D eigenvalue weighted by Gasteiger charge is 2.18. The van der Waals surface area contributed by atoms with Gasteiger partial charge in [-0.25, -0.2) is 9.78 Å². The minimum Gasteiger partial charge on any atom is -0.478 e. The quantitative estimate of drug-likeness (QED) is 0.831. The van der Waals surface area contributed by atoms with Crippen LogP contribution in [-0.4, -0.2) is 53.8 Å². The summed E-state index contributed by atoms with van der Waals surface area (Å²) in [5.74, 6) is 1.04. The number of cyclic esters (lactones) is 1. The van der Waals surface area contributed by atoms with Crippen LogP contribution in [0, 0.1) is 0 Å². The fourth-order valence-corrected chi connectivity index (χ4v) is 1.76. The fraction of sp³-hybridized carbons (Fsp3) is 0.583. The second-order valence-corrected chi connectivity index (χ2v) is 4.03. The molecule has 1 N–H and O–H groups in total. The number of carbonyl (C=O) groups is 1. The highest BCUT2D eigenvalue weighted by Crippen LogP contribution is 2.08. The second-order valence-electron chi connectivity index (χ2n) is 4.03. The predicted octanol–water partition coefficient (Wildman–Crippen LogP) is 1.13. The number of amides is 1. The van der Waals surface area contributed by atoms with Crippen LogP contribution >= 0.6 is 0 Å². The molecule has 0 bridgehead atoms. The Morgan fingerprint density at radius 1 is 1.58 bits per heavy atom. The summed E-state index contributed by atoms with van der Waals surface area (Å²) in [5, 5.41) is 3.06. The largest absolute Gasteiger partial charge is 0.478 e. The van der Waals surface area contributed by atoms with E-state index >= 15 is 0 Å². The van der Waals surface area contributed by atoms with Crippen LogP contribution in [-0.2, 0) is 4.74 Å². The Morgan fingerprint density at radius 3 is 3.26 bits per heavy atom. The lowest BCUT2D eigenvalue weighted by Crippen LogP contribution is -2.40. The first kappa shape index (κ1) is 13.4. The minimum absolute atomic E-state index is 0.253. The number of hydrogen-bond donors (Lipinski definition) is 1. The molecular formula is C12H18N4O3. The Balaban J connectivity index is 1.78. The molecule has 7 nitrogen and oxygen atoms in total. The van der Waals surface area contributed by atoms with Gasteiger partial charge < -0.3 is 19.7 Å². The standard InChI is InChI=1S/C12H18N4O3/c1-2-18-10-4-5-13-11(15-10)14-6-8-16-7-3-9-19-12(16)17/h4-5H,2-3,6-9H2,1H3,(H,13,14,15). The number of hydrogen-bond acceptors (Lipinski definition) is 6. The number of nitrogens with zero attached hydrogens (tertiary/aromatic N) is 3. The maximum atomic E-state index is 11.4. The van der Waals surface area contributed by atoms with Gasteiger partial charge in [-0.15, -0.1) is 0 Å². The fourth-order valence-electron chi connectivity index (χ4n) is 1.76. The van der Waals surface area contributed by atoms with Gasteiger partial charge in [0.2, 0.25) is 11.8 Å². The Hall–Kier alpha value is -2.05. The van der Waals surface area contributed by atoms with Crippen molar-refractivity contribution in [3.05, 3.63) is 12.3 Å². The Labute approximate surface area is 111 Å². The van der Waals surface area contributed by atoms with Gasteiger partial charge in [0.05, 0.1) is 13.2 Å². The van der Waals surface area contributed by atoms with Crippen molar-refractivity contribution in [1.82, 2.24) is 14.9 Å². The molecule has 0 aliphatic carbocycles. The molecule has 1 aliphatic heterocycles. The summed E-state index contributed by atoms with van der Waals surface area (Å²) in [6, 6.07) is 1.71. The molecule has 1 fully saturated rings. The molecule has 1 saturated heterocycles. The van der Waals surface area contributed by atoms with Gasteiger partial charge in [0, 0.05) is 31.9 Å². The number of rotatable bonds is 6. The average Bonchev–Trinajstić information content (AvgIpc) is 2.42. The summed E-state index contributed by atoms with van der Waals surface area (Å²) in [5.41, 5.74) is 0. The van der Waals surface area contributed by atoms with Gasteiger partial charge in [0.15, 0.2) is 0 Å². The van der Waals surface area contributed by atoms with Crippen molar-refractivity contribution in [1.29, 1.82) is 0 Å². The van der Waals surface area contributed by atoms with Crippen molar-refractivity contribution >= 4 is 12.0 Å². The van der Waals surface area contributed by atoms with Gasteiger partial charge in [0.1, 0.15) is 0 Å². The summed E-state index contributed by atoms with van der Waals surface area (Å²) in [7, 11) is 0. The zero-order valence-corrected chi connectivity index (χ0v) is 11.0. The number of carbonyl (C=O) groups excluding carboxylic acids is 1. The van der Waals surface area contributed by atoms with Crippen LogP contribution < -0.4 is 10.1 Å². The van der Waals surface area contributed by atoms with Crippen molar-refractivity contribution in [3.63, 3.8) is 0 Å². The summed E-state index contributed by atoms with van der Waals surface area (Å²) >= 11 is 0. The number of aromatic nitrogens is 2. The van der Waals surface area contributed by atoms with E-state index < -0.39 is 0 Å². The van der Waals surface area contributed by atoms with E-state index in [2.05, 4.69) is 15.3 Å². The molecule has 0 atom stereocenters. The average molecular weight is 266 g/mol. The smallest absolute Gasteiger partial charge is 0.409 e. The summed E-state index contributed by atoms with van der Waals surface area (Å²) in [6.07, 6.45) is 2.26. The van der Waals surface area contributed by atoms with Gasteiger partial charge in [-0.1, -0.05) is 0 Å². The second kappa shape index (κ2) is 6.77. The van der Waals surface area contributed by atoms with E-state index in [0.717, 1.165) is 13.0 Å². The summed E-state index contributed by atoms with van der Waals surface area (Å²) < 4.78 is 10.2. The van der Waals surface area contributed by atoms with E-state index in [-0.39, 0.29) is 6.09 Å². The van der Waals surface area contributed by atoms with Gasteiger partial charge >= 0.3 is 6.09 Å². The van der Waals surface area contributed by atoms with Crippen molar-refractivity contribution < 1.29 is 14.3 Å². The van der Waals surface area contributed by atoms with Crippen molar-refractivity contribution in [2.45, 2.75) is 13.3 Å². The molecule has 1 aromatic rings. The topological polar surface area (TPSA) is 76.6 Å². The van der Waals surface area contributed by atoms with Crippen molar-refractivity contribution in [2.75, 3.05) is 38.2 Å². The van der Waals surface area contributed by atoms with Crippen LogP contribution in [0.15, 0.2) is 12.3 Å². The molecule has 0 unspecified atom stereocenters. The maximum absolute atomic E-state index is 11.4. The first-order valence-electron chi connectivity index (χ1n) is 6.41. The highest BCUT2D eigenvalue weighted by molar-refractivity contribution is 5.68. The van der Waals surface area contributed by atoms with Crippen LogP contribution in [0.4, 0.5) is 10.7 Å². The summed E-state index contributed by atoms with van der Waals surface area (Å²) in [4.78, 5) is 21.3. The molecule has 0 saturated carbocycles. The SMILES string of the molecule is CCOc1ccnc(NCCN2CCCOC2=O)n1. The molecule has 2 rings (SSSR count). The van der Waals surface area contributed by atoms with E-state index in [1.54, 1.807) is 17.2 Å². The van der Waals surface area contributed by atoms with E-state index in [4.69, 9.17) is 9.47 Å². The molecule has 1 aliphatic rings. The first-order valence-corrected chi connectivity index (χ1v) is 6.41. The van der Waals surface area contributed by atoms with E-state index in [1.807, 2.05) is 6.92 Å². The number of ether oxygens (including phenoxy) is 2. The van der Waals surface area contributed by atoms with E-state index in [9.17, 15) is 4.79 Å². The van der Waals surface area contributed by atoms with Crippen LogP contribution in [0.25, 0.3) is 0 Å². The monoisotopic (exact) mass is 266 g/mol. The van der Waals surface area contributed by atoms with Gasteiger partial charge in [0.25, 0.3) is 0 Å². The molecule has 0 aromatic carbocycles. The zero-order valence-electron chi connectivity index (χ0n) is 11.0. The van der Waals surface area contributed by atoms with Crippen LogP contribution in [0.2, 0.25) is 0 Å². The molecule has 2 heterocycles. The molecular weight excluding hydrogens is 248 g/mol. The van der Waals surface area contributed by atoms with Crippen LogP contribution in [0.1, 0.15) is 13.3 Å².